The van der Waals surface area contributed by atoms with Gasteiger partial charge >= 0.3 is 5.69 Å². The standard InChI is InChI=1S/C22H21N7O2/c30-29(31)20-21(24-11-7-15-5-9-23-10-6-15)25-14-26-22(20)28-12-8-17-16-3-1-2-4-18(16)27-19(17)13-28/h1-6,9-10,14,27H,7-8,11-13H2,(H,24,25,26). The zero-order valence-corrected chi connectivity index (χ0v) is 16.8. The van der Waals surface area contributed by atoms with Crippen molar-refractivity contribution in [1.29, 1.82) is 0 Å². The van der Waals surface area contributed by atoms with Gasteiger partial charge in [0, 0.05) is 42.1 Å². The topological polar surface area (TPSA) is 113 Å². The Balaban J connectivity index is 1.40. The maximum Gasteiger partial charge on any atom is 0.353 e. The minimum atomic E-state index is -0.398. The summed E-state index contributed by atoms with van der Waals surface area (Å²) in [6, 6.07) is 12.0. The van der Waals surface area contributed by atoms with Crippen molar-refractivity contribution in [3.05, 3.63) is 82.1 Å². The van der Waals surface area contributed by atoms with E-state index in [1.165, 1.54) is 17.3 Å². The van der Waals surface area contributed by atoms with Crippen LogP contribution < -0.4 is 10.2 Å². The number of aromatic nitrogens is 4. The smallest absolute Gasteiger partial charge is 0.353 e. The SMILES string of the molecule is O=[N+]([O-])c1c(NCCc2ccncc2)ncnc1N1CCc2c([nH]c3ccccc23)C1. The fourth-order valence-electron chi connectivity index (χ4n) is 4.15. The molecule has 0 bridgehead atoms. The van der Waals surface area contributed by atoms with Crippen molar-refractivity contribution in [2.75, 3.05) is 23.3 Å². The van der Waals surface area contributed by atoms with Gasteiger partial charge in [-0.05, 0) is 42.2 Å². The predicted octanol–water partition coefficient (Wildman–Crippen LogP) is 3.48. The molecule has 1 aliphatic rings. The highest BCUT2D eigenvalue weighted by molar-refractivity contribution is 5.85. The van der Waals surface area contributed by atoms with Gasteiger partial charge in [-0.15, -0.1) is 0 Å². The van der Waals surface area contributed by atoms with E-state index >= 15 is 0 Å². The molecule has 0 spiro atoms. The zero-order valence-electron chi connectivity index (χ0n) is 16.8. The number of hydrogen-bond donors (Lipinski definition) is 2. The largest absolute Gasteiger partial charge is 0.364 e. The average molecular weight is 415 g/mol. The van der Waals surface area contributed by atoms with Crippen LogP contribution in [0.4, 0.5) is 17.3 Å². The number of H-pyrrole nitrogens is 1. The lowest BCUT2D eigenvalue weighted by atomic mass is 10.0. The highest BCUT2D eigenvalue weighted by Crippen LogP contribution is 2.35. The van der Waals surface area contributed by atoms with Crippen LogP contribution in [-0.4, -0.2) is 37.9 Å². The van der Waals surface area contributed by atoms with Gasteiger partial charge in [-0.3, -0.25) is 15.1 Å². The van der Waals surface area contributed by atoms with Gasteiger partial charge in [0.05, 0.1) is 11.5 Å². The number of nitrogens with zero attached hydrogens (tertiary/aromatic N) is 5. The van der Waals surface area contributed by atoms with E-state index in [4.69, 9.17) is 0 Å². The molecule has 4 heterocycles. The molecule has 0 fully saturated rings. The molecule has 0 amide bonds. The highest BCUT2D eigenvalue weighted by atomic mass is 16.6. The normalized spacial score (nSPS) is 13.2. The zero-order chi connectivity index (χ0) is 21.2. The van der Waals surface area contributed by atoms with Gasteiger partial charge in [-0.2, -0.15) is 0 Å². The van der Waals surface area contributed by atoms with E-state index in [1.54, 1.807) is 12.4 Å². The minimum Gasteiger partial charge on any atom is -0.364 e. The summed E-state index contributed by atoms with van der Waals surface area (Å²) in [5.74, 6) is 0.585. The summed E-state index contributed by atoms with van der Waals surface area (Å²) in [5, 5.41) is 16.3. The number of benzene rings is 1. The van der Waals surface area contributed by atoms with Crippen molar-refractivity contribution in [2.45, 2.75) is 19.4 Å². The third kappa shape index (κ3) is 3.65. The molecule has 1 aromatic carbocycles. The summed E-state index contributed by atoms with van der Waals surface area (Å²) < 4.78 is 0. The number of para-hydroxylation sites is 1. The number of nitro groups is 1. The first-order valence-electron chi connectivity index (χ1n) is 10.2. The van der Waals surface area contributed by atoms with Crippen LogP contribution in [0.25, 0.3) is 10.9 Å². The molecule has 0 atom stereocenters. The quantitative estimate of drug-likeness (QED) is 0.366. The van der Waals surface area contributed by atoms with Crippen molar-refractivity contribution >= 4 is 28.2 Å². The van der Waals surface area contributed by atoms with E-state index in [2.05, 4.69) is 37.4 Å². The molecule has 4 aromatic rings. The van der Waals surface area contributed by atoms with Crippen molar-refractivity contribution in [3.63, 3.8) is 0 Å². The fraction of sp³-hybridized carbons (Fsp3) is 0.227. The fourth-order valence-corrected chi connectivity index (χ4v) is 4.15. The number of pyridine rings is 1. The molecule has 3 aromatic heterocycles. The van der Waals surface area contributed by atoms with Gasteiger partial charge in [0.1, 0.15) is 6.33 Å². The lowest BCUT2D eigenvalue weighted by Gasteiger charge is -2.27. The number of fused-ring (bicyclic) bond motifs is 3. The van der Waals surface area contributed by atoms with Crippen molar-refractivity contribution < 1.29 is 4.92 Å². The monoisotopic (exact) mass is 415 g/mol. The number of hydrogen-bond acceptors (Lipinski definition) is 7. The first kappa shape index (κ1) is 19.0. The Hall–Kier alpha value is -4.01. The van der Waals surface area contributed by atoms with Gasteiger partial charge in [-0.1, -0.05) is 18.2 Å². The Labute approximate surface area is 178 Å². The van der Waals surface area contributed by atoms with Gasteiger partial charge in [0.25, 0.3) is 0 Å². The maximum atomic E-state index is 11.9. The molecule has 0 saturated carbocycles. The molecule has 0 radical (unpaired) electrons. The molecule has 0 unspecified atom stereocenters. The second-order valence-corrected chi connectivity index (χ2v) is 7.48. The lowest BCUT2D eigenvalue weighted by molar-refractivity contribution is -0.383. The molecule has 9 nitrogen and oxygen atoms in total. The van der Waals surface area contributed by atoms with Crippen LogP contribution >= 0.6 is 0 Å². The Bertz CT molecular complexity index is 1240. The van der Waals surface area contributed by atoms with Gasteiger partial charge in [0.2, 0.25) is 11.6 Å². The number of aromatic amines is 1. The second kappa shape index (κ2) is 8.02. The van der Waals surface area contributed by atoms with Crippen LogP contribution in [0.15, 0.2) is 55.1 Å². The maximum absolute atomic E-state index is 11.9. The Kier molecular flexibility index (Phi) is 4.91. The molecule has 1 aliphatic heterocycles. The molecular weight excluding hydrogens is 394 g/mol. The number of nitrogens with one attached hydrogen (secondary N) is 2. The summed E-state index contributed by atoms with van der Waals surface area (Å²) in [6.07, 6.45) is 6.36. The Morgan fingerprint density at radius 3 is 2.84 bits per heavy atom. The van der Waals surface area contributed by atoms with E-state index < -0.39 is 4.92 Å². The van der Waals surface area contributed by atoms with E-state index in [0.29, 0.717) is 31.9 Å². The summed E-state index contributed by atoms with van der Waals surface area (Å²) in [5.41, 5.74) is 4.45. The average Bonchev–Trinajstić information content (AvgIpc) is 3.17. The minimum absolute atomic E-state index is 0.0863. The summed E-state index contributed by atoms with van der Waals surface area (Å²) >= 11 is 0. The van der Waals surface area contributed by atoms with E-state index in [0.717, 1.165) is 23.2 Å². The molecule has 0 aliphatic carbocycles. The molecule has 31 heavy (non-hydrogen) atoms. The van der Waals surface area contributed by atoms with E-state index in [1.807, 2.05) is 29.2 Å². The van der Waals surface area contributed by atoms with Crippen molar-refractivity contribution in [1.82, 2.24) is 19.9 Å². The van der Waals surface area contributed by atoms with Gasteiger partial charge < -0.3 is 15.2 Å². The molecule has 2 N–H and O–H groups in total. The van der Waals surface area contributed by atoms with Crippen LogP contribution in [0.3, 0.4) is 0 Å². The molecule has 0 saturated heterocycles. The second-order valence-electron chi connectivity index (χ2n) is 7.48. The highest BCUT2D eigenvalue weighted by Gasteiger charge is 2.30. The first-order chi connectivity index (χ1) is 15.2. The summed E-state index contributed by atoms with van der Waals surface area (Å²) in [7, 11) is 0. The van der Waals surface area contributed by atoms with Crippen LogP contribution in [-0.2, 0) is 19.4 Å². The van der Waals surface area contributed by atoms with Gasteiger partial charge in [0.15, 0.2) is 0 Å². The summed E-state index contributed by atoms with van der Waals surface area (Å²) in [4.78, 5) is 29.4. The third-order valence-corrected chi connectivity index (χ3v) is 5.62. The Morgan fingerprint density at radius 2 is 2.00 bits per heavy atom. The lowest BCUT2D eigenvalue weighted by Crippen LogP contribution is -2.31. The van der Waals surface area contributed by atoms with Crippen LogP contribution in [0.1, 0.15) is 16.8 Å². The van der Waals surface area contributed by atoms with Crippen LogP contribution in [0.5, 0.6) is 0 Å². The summed E-state index contributed by atoms with van der Waals surface area (Å²) in [6.45, 7) is 1.72. The Morgan fingerprint density at radius 1 is 1.16 bits per heavy atom. The molecular formula is C22H21N7O2. The van der Waals surface area contributed by atoms with Crippen LogP contribution in [0.2, 0.25) is 0 Å². The first-order valence-corrected chi connectivity index (χ1v) is 10.2. The van der Waals surface area contributed by atoms with Crippen molar-refractivity contribution in [3.8, 4) is 0 Å². The molecule has 156 valence electrons. The third-order valence-electron chi connectivity index (χ3n) is 5.62. The number of anilines is 2. The van der Waals surface area contributed by atoms with Crippen molar-refractivity contribution in [2.24, 2.45) is 0 Å². The molecule has 5 rings (SSSR count). The molecule has 9 heteroatoms. The predicted molar refractivity (Wildman–Crippen MR) is 118 cm³/mol. The van der Waals surface area contributed by atoms with Crippen LogP contribution in [0, 0.1) is 10.1 Å². The van der Waals surface area contributed by atoms with Gasteiger partial charge in [-0.25, -0.2) is 9.97 Å². The van der Waals surface area contributed by atoms with E-state index in [-0.39, 0.29) is 11.5 Å². The van der Waals surface area contributed by atoms with E-state index in [9.17, 15) is 10.1 Å². The number of rotatable bonds is 6.